The van der Waals surface area contributed by atoms with Crippen LogP contribution in [0.2, 0.25) is 0 Å². The van der Waals surface area contributed by atoms with Gasteiger partial charge in [0, 0.05) is 18.3 Å². The molecule has 0 aliphatic rings. The third-order valence-corrected chi connectivity index (χ3v) is 10.9. The van der Waals surface area contributed by atoms with E-state index in [1.54, 1.807) is 0 Å². The second kappa shape index (κ2) is 37.1. The molecule has 0 aromatic heterocycles. The first-order valence-electron chi connectivity index (χ1n) is 23.9. The molecule has 0 radical (unpaired) electrons. The molecule has 0 rings (SSSR count). The average molecular weight is 841 g/mol. The predicted molar refractivity (Wildman–Crippen MR) is 273 cm³/mol. The van der Waals surface area contributed by atoms with Crippen molar-refractivity contribution in [3.05, 3.63) is 116 Å². The minimum atomic E-state index is -0.720. The second-order valence-electron chi connectivity index (χ2n) is 19.4. The van der Waals surface area contributed by atoms with Crippen molar-refractivity contribution in [3.63, 3.8) is 0 Å². The number of carbonyl (C=O) groups is 2. The van der Waals surface area contributed by atoms with Crippen LogP contribution in [-0.2, 0) is 9.59 Å². The molecule has 61 heavy (non-hydrogen) atoms. The van der Waals surface area contributed by atoms with Gasteiger partial charge in [-0.15, -0.1) is 0 Å². The first kappa shape index (κ1) is 59.6. The predicted octanol–water partition coefficient (Wildman–Crippen LogP) is 19.0. The lowest BCUT2D eigenvalue weighted by Gasteiger charge is -2.16. The van der Waals surface area contributed by atoms with Crippen molar-refractivity contribution in [2.24, 2.45) is 5.41 Å². The molecule has 0 aromatic carbocycles. The molecule has 0 aromatic rings. The highest BCUT2D eigenvalue weighted by Gasteiger charge is 2.20. The van der Waals surface area contributed by atoms with Crippen molar-refractivity contribution in [3.8, 4) is 0 Å². The standard InChI is InChI=1S/C31H52O.C27H44O2/c1-25(2)15-12-18-28(5)21-13-19-26(3)16-10-11-17-27(4)20-14-22-29(6)23-24-30(32)31(7,8)9;1-22(2)12-9-15-25(5)18-10-16-23(3)13-7-8-14-24(4)17-11-19-26(6)20-21-27(28)29/h15-17,21-22H,10-14,18-20,23-24H2,1-9H3;12-14,18-19H,7-11,15-17,20-21H2,1-6H3,(H,28,29)/b26-16+,27-17+,28-21+,29-22+;23-13+,24-14+,25-18+,26-19+. The van der Waals surface area contributed by atoms with E-state index in [0.29, 0.717) is 18.6 Å². The molecule has 1 N–H and O–H groups in total. The van der Waals surface area contributed by atoms with Gasteiger partial charge in [-0.1, -0.05) is 137 Å². The van der Waals surface area contributed by atoms with Crippen LogP contribution in [0.3, 0.4) is 0 Å². The minimum absolute atomic E-state index is 0.215. The molecule has 3 nitrogen and oxygen atoms in total. The van der Waals surface area contributed by atoms with Crippen molar-refractivity contribution in [1.29, 1.82) is 0 Å². The van der Waals surface area contributed by atoms with E-state index in [2.05, 4.69) is 137 Å². The van der Waals surface area contributed by atoms with Gasteiger partial charge >= 0.3 is 5.97 Å². The van der Waals surface area contributed by atoms with Crippen molar-refractivity contribution in [2.75, 3.05) is 0 Å². The molecule has 0 bridgehead atoms. The SMILES string of the molecule is CC(C)=CCC/C(C)=C/CC/C(C)=C/CC/C=C(\C)CC/C=C(\C)CCC(=O)C(C)(C)C.CC(C)=CCC/C(C)=C/CC/C(C)=C/CC/C=C(\C)CC/C=C(\C)CCC(=O)O. The van der Waals surface area contributed by atoms with Gasteiger partial charge < -0.3 is 5.11 Å². The Bertz CT molecular complexity index is 1560. The number of carbonyl (C=O) groups excluding carboxylic acids is 1. The van der Waals surface area contributed by atoms with E-state index in [4.69, 9.17) is 5.11 Å². The summed E-state index contributed by atoms with van der Waals surface area (Å²) in [6.07, 6.45) is 43.9. The summed E-state index contributed by atoms with van der Waals surface area (Å²) in [6.45, 7) is 32.3. The smallest absolute Gasteiger partial charge is 0.303 e. The van der Waals surface area contributed by atoms with Crippen LogP contribution < -0.4 is 0 Å². The number of aliphatic carboxylic acids is 1. The van der Waals surface area contributed by atoms with E-state index in [0.717, 1.165) is 89.9 Å². The fraction of sp³-hybridized carbons (Fsp3) is 0.621. The molecule has 0 heterocycles. The van der Waals surface area contributed by atoms with E-state index in [1.807, 2.05) is 27.7 Å². The third kappa shape index (κ3) is 43.0. The molecule has 346 valence electrons. The summed E-state index contributed by atoms with van der Waals surface area (Å²) >= 11 is 0. The van der Waals surface area contributed by atoms with Crippen LogP contribution in [0.1, 0.15) is 232 Å². The number of Topliss-reactive ketones (excluding diaryl/α,β-unsaturated/α-hetero) is 1. The molecule has 0 fully saturated rings. The monoisotopic (exact) mass is 841 g/mol. The first-order valence-corrected chi connectivity index (χ1v) is 23.9. The molecule has 3 heteroatoms. The van der Waals surface area contributed by atoms with E-state index in [9.17, 15) is 9.59 Å². The fourth-order valence-electron chi connectivity index (χ4n) is 6.49. The number of unbranched alkanes of at least 4 members (excludes halogenated alkanes) is 2. The van der Waals surface area contributed by atoms with Crippen molar-refractivity contribution in [1.82, 2.24) is 0 Å². The summed E-state index contributed by atoms with van der Waals surface area (Å²) in [5.41, 5.74) is 14.0. The van der Waals surface area contributed by atoms with Crippen molar-refractivity contribution in [2.45, 2.75) is 232 Å². The number of hydrogen-bond acceptors (Lipinski definition) is 2. The Morgan fingerprint density at radius 2 is 0.525 bits per heavy atom. The number of allylic oxidation sites excluding steroid dienone is 20. The van der Waals surface area contributed by atoms with Crippen LogP contribution in [0, 0.1) is 5.41 Å². The van der Waals surface area contributed by atoms with Gasteiger partial charge in [0.05, 0.1) is 0 Å². The average Bonchev–Trinajstić information content (AvgIpc) is 3.16. The molecule has 0 saturated heterocycles. The lowest BCUT2D eigenvalue weighted by atomic mass is 9.87. The Kier molecular flexibility index (Phi) is 36.3. The van der Waals surface area contributed by atoms with Crippen LogP contribution in [-0.4, -0.2) is 16.9 Å². The summed E-state index contributed by atoms with van der Waals surface area (Å²) in [4.78, 5) is 22.6. The fourth-order valence-corrected chi connectivity index (χ4v) is 6.49. The topological polar surface area (TPSA) is 54.4 Å². The Morgan fingerprint density at radius 1 is 0.311 bits per heavy atom. The Labute approximate surface area is 379 Å². The molecule has 0 aliphatic carbocycles. The lowest BCUT2D eigenvalue weighted by Crippen LogP contribution is -2.19. The number of carboxylic acids is 1. The maximum Gasteiger partial charge on any atom is 0.303 e. The number of hydrogen-bond donors (Lipinski definition) is 1. The molecule has 0 atom stereocenters. The summed E-state index contributed by atoms with van der Waals surface area (Å²) in [5.74, 6) is -0.363. The zero-order valence-electron chi connectivity index (χ0n) is 42.7. The summed E-state index contributed by atoms with van der Waals surface area (Å²) in [6, 6.07) is 0. The third-order valence-electron chi connectivity index (χ3n) is 10.9. The molecule has 0 saturated carbocycles. The summed E-state index contributed by atoms with van der Waals surface area (Å²) in [5, 5.41) is 8.71. The maximum absolute atomic E-state index is 12.0. The minimum Gasteiger partial charge on any atom is -0.481 e. The Morgan fingerprint density at radius 3 is 0.754 bits per heavy atom. The van der Waals surface area contributed by atoms with Gasteiger partial charge in [-0.25, -0.2) is 0 Å². The largest absolute Gasteiger partial charge is 0.481 e. The maximum atomic E-state index is 12.0. The molecular weight excluding hydrogens is 745 g/mol. The highest BCUT2D eigenvalue weighted by molar-refractivity contribution is 5.83. The van der Waals surface area contributed by atoms with Crippen LogP contribution in [0.5, 0.6) is 0 Å². The van der Waals surface area contributed by atoms with Gasteiger partial charge in [0.25, 0.3) is 0 Å². The first-order chi connectivity index (χ1) is 28.6. The van der Waals surface area contributed by atoms with E-state index >= 15 is 0 Å². The highest BCUT2D eigenvalue weighted by atomic mass is 16.4. The van der Waals surface area contributed by atoms with Crippen LogP contribution in [0.25, 0.3) is 0 Å². The highest BCUT2D eigenvalue weighted by Crippen LogP contribution is 2.21. The van der Waals surface area contributed by atoms with Gasteiger partial charge in [0.15, 0.2) is 0 Å². The Hall–Kier alpha value is -3.46. The molecule has 0 unspecified atom stereocenters. The molecular formula is C58H96O3. The molecule has 0 spiro atoms. The van der Waals surface area contributed by atoms with Crippen LogP contribution >= 0.6 is 0 Å². The summed E-state index contributed by atoms with van der Waals surface area (Å²) < 4.78 is 0. The van der Waals surface area contributed by atoms with E-state index < -0.39 is 5.97 Å². The van der Waals surface area contributed by atoms with E-state index in [-0.39, 0.29) is 11.8 Å². The Balaban J connectivity index is 0. The zero-order chi connectivity index (χ0) is 46.6. The number of rotatable bonds is 30. The number of carboxylic acid groups (broad SMARTS) is 1. The summed E-state index contributed by atoms with van der Waals surface area (Å²) in [7, 11) is 0. The van der Waals surface area contributed by atoms with E-state index in [1.165, 1.54) is 75.0 Å². The van der Waals surface area contributed by atoms with Crippen LogP contribution in [0.15, 0.2) is 116 Å². The zero-order valence-corrected chi connectivity index (χ0v) is 42.7. The van der Waals surface area contributed by atoms with Gasteiger partial charge in [0.1, 0.15) is 5.78 Å². The molecule has 0 amide bonds. The van der Waals surface area contributed by atoms with Crippen molar-refractivity contribution >= 4 is 11.8 Å². The second-order valence-corrected chi connectivity index (χ2v) is 19.4. The van der Waals surface area contributed by atoms with Gasteiger partial charge in [-0.2, -0.15) is 0 Å². The van der Waals surface area contributed by atoms with Gasteiger partial charge in [0.2, 0.25) is 0 Å². The van der Waals surface area contributed by atoms with Crippen molar-refractivity contribution < 1.29 is 14.7 Å². The lowest BCUT2D eigenvalue weighted by molar-refractivity contribution is -0.137. The number of ketones is 1. The van der Waals surface area contributed by atoms with Crippen LogP contribution in [0.4, 0.5) is 0 Å². The normalized spacial score (nSPS) is 13.8. The quantitative estimate of drug-likeness (QED) is 0.0579. The van der Waals surface area contributed by atoms with Gasteiger partial charge in [-0.05, 0) is 199 Å². The molecule has 0 aliphatic heterocycles. The van der Waals surface area contributed by atoms with Gasteiger partial charge in [-0.3, -0.25) is 9.59 Å².